The molecule has 0 saturated carbocycles. The van der Waals surface area contributed by atoms with Crippen LogP contribution in [0, 0.1) is 6.92 Å². The van der Waals surface area contributed by atoms with Crippen molar-refractivity contribution in [3.05, 3.63) is 40.7 Å². The van der Waals surface area contributed by atoms with Gasteiger partial charge in [0, 0.05) is 5.02 Å². The Morgan fingerprint density at radius 1 is 1.47 bits per heavy atom. The number of nitrogen functional groups attached to an aromatic ring is 1. The number of nitrogens with zero attached hydrogens (tertiary/aromatic N) is 3. The molecule has 0 radical (unpaired) electrons. The number of hydrogen-bond donors (Lipinski definition) is 1. The van der Waals surface area contributed by atoms with Crippen molar-refractivity contribution in [2.24, 2.45) is 0 Å². The number of benzene rings is 1. The van der Waals surface area contributed by atoms with Crippen LogP contribution in [0.1, 0.15) is 11.1 Å². The lowest BCUT2D eigenvalue weighted by Crippen LogP contribution is -2.02. The van der Waals surface area contributed by atoms with Crippen molar-refractivity contribution in [3.8, 4) is 0 Å². The smallest absolute Gasteiger partial charge is 0.239 e. The predicted molar refractivity (Wildman–Crippen MR) is 59.7 cm³/mol. The van der Waals surface area contributed by atoms with Gasteiger partial charge in [0.25, 0.3) is 0 Å². The normalized spacial score (nSPS) is 10.5. The zero-order valence-electron chi connectivity index (χ0n) is 8.31. The van der Waals surface area contributed by atoms with Gasteiger partial charge in [-0.15, -0.1) is 5.10 Å². The number of hydrogen-bond acceptors (Lipinski definition) is 3. The maximum Gasteiger partial charge on any atom is 0.239 e. The van der Waals surface area contributed by atoms with Gasteiger partial charge in [-0.25, -0.2) is 9.67 Å². The molecule has 2 aromatic rings. The fourth-order valence-electron chi connectivity index (χ4n) is 1.40. The Morgan fingerprint density at radius 3 is 2.87 bits per heavy atom. The Hall–Kier alpha value is -1.55. The molecule has 15 heavy (non-hydrogen) atoms. The van der Waals surface area contributed by atoms with Crippen LogP contribution in [0.4, 0.5) is 5.95 Å². The second-order valence-electron chi connectivity index (χ2n) is 3.37. The molecule has 0 spiro atoms. The van der Waals surface area contributed by atoms with Crippen molar-refractivity contribution in [2.45, 2.75) is 13.5 Å². The molecule has 0 fully saturated rings. The Bertz CT molecular complexity index is 478. The summed E-state index contributed by atoms with van der Waals surface area (Å²) in [6, 6.07) is 5.77. The summed E-state index contributed by atoms with van der Waals surface area (Å²) in [6.07, 6.45) is 1.61. The van der Waals surface area contributed by atoms with Crippen molar-refractivity contribution in [3.63, 3.8) is 0 Å². The molecular formula is C10H11ClN4. The molecule has 2 rings (SSSR count). The lowest BCUT2D eigenvalue weighted by Gasteiger charge is -2.05. The maximum atomic E-state index is 5.87. The standard InChI is InChI=1S/C10H11ClN4/c1-7-4-9(11)3-2-8(7)5-15-6-13-10(12)14-15/h2-4,6H,5H2,1H3,(H2,12,14). The Labute approximate surface area is 92.7 Å². The number of nitrogens with two attached hydrogens (primary N) is 1. The van der Waals surface area contributed by atoms with Crippen LogP contribution < -0.4 is 5.73 Å². The fraction of sp³-hybridized carbons (Fsp3) is 0.200. The third-order valence-corrected chi connectivity index (χ3v) is 2.43. The van der Waals surface area contributed by atoms with Gasteiger partial charge in [0.1, 0.15) is 6.33 Å². The Morgan fingerprint density at radius 2 is 2.27 bits per heavy atom. The van der Waals surface area contributed by atoms with E-state index in [1.54, 1.807) is 11.0 Å². The van der Waals surface area contributed by atoms with E-state index in [2.05, 4.69) is 10.1 Å². The maximum absolute atomic E-state index is 5.87. The van der Waals surface area contributed by atoms with Gasteiger partial charge in [-0.2, -0.15) is 0 Å². The largest absolute Gasteiger partial charge is 0.367 e. The SMILES string of the molecule is Cc1cc(Cl)ccc1Cn1cnc(N)n1. The van der Waals surface area contributed by atoms with E-state index in [9.17, 15) is 0 Å². The summed E-state index contributed by atoms with van der Waals surface area (Å²) >= 11 is 5.87. The highest BCUT2D eigenvalue weighted by Gasteiger charge is 2.02. The molecule has 0 aliphatic heterocycles. The molecule has 0 bridgehead atoms. The average molecular weight is 223 g/mol. The molecule has 78 valence electrons. The molecule has 0 aliphatic rings. The molecule has 0 atom stereocenters. The lowest BCUT2D eigenvalue weighted by molar-refractivity contribution is 0.685. The molecule has 1 aromatic heterocycles. The number of anilines is 1. The van der Waals surface area contributed by atoms with Crippen LogP contribution in [-0.4, -0.2) is 14.8 Å². The topological polar surface area (TPSA) is 56.7 Å². The first-order valence-corrected chi connectivity index (χ1v) is 4.93. The minimum Gasteiger partial charge on any atom is -0.367 e. The first kappa shape index (κ1) is 9.98. The van der Waals surface area contributed by atoms with Crippen LogP contribution in [0.3, 0.4) is 0 Å². The van der Waals surface area contributed by atoms with Crippen molar-refractivity contribution < 1.29 is 0 Å². The summed E-state index contributed by atoms with van der Waals surface area (Å²) in [7, 11) is 0. The van der Waals surface area contributed by atoms with Gasteiger partial charge in [0.05, 0.1) is 6.54 Å². The van der Waals surface area contributed by atoms with Gasteiger partial charge in [0.2, 0.25) is 5.95 Å². The van der Waals surface area contributed by atoms with E-state index in [1.165, 1.54) is 0 Å². The van der Waals surface area contributed by atoms with E-state index in [4.69, 9.17) is 17.3 Å². The average Bonchev–Trinajstić information content (AvgIpc) is 2.56. The van der Waals surface area contributed by atoms with E-state index in [-0.39, 0.29) is 0 Å². The van der Waals surface area contributed by atoms with Crippen LogP contribution in [0.15, 0.2) is 24.5 Å². The molecule has 2 N–H and O–H groups in total. The summed E-state index contributed by atoms with van der Waals surface area (Å²) < 4.78 is 1.70. The number of aryl methyl sites for hydroxylation is 1. The zero-order chi connectivity index (χ0) is 10.8. The summed E-state index contributed by atoms with van der Waals surface area (Å²) in [5, 5.41) is 4.76. The molecule has 0 aliphatic carbocycles. The molecule has 5 heteroatoms. The van der Waals surface area contributed by atoms with Gasteiger partial charge in [-0.05, 0) is 30.2 Å². The molecule has 1 aromatic carbocycles. The lowest BCUT2D eigenvalue weighted by atomic mass is 10.1. The molecule has 0 saturated heterocycles. The monoisotopic (exact) mass is 222 g/mol. The zero-order valence-corrected chi connectivity index (χ0v) is 9.07. The molecule has 1 heterocycles. The second-order valence-corrected chi connectivity index (χ2v) is 3.81. The van der Waals surface area contributed by atoms with Crippen LogP contribution in [-0.2, 0) is 6.54 Å². The second kappa shape index (κ2) is 3.90. The summed E-state index contributed by atoms with van der Waals surface area (Å²) in [6.45, 7) is 2.68. The van der Waals surface area contributed by atoms with Crippen molar-refractivity contribution in [2.75, 3.05) is 5.73 Å². The third kappa shape index (κ3) is 2.27. The highest BCUT2D eigenvalue weighted by Crippen LogP contribution is 2.15. The summed E-state index contributed by atoms with van der Waals surface area (Å²) in [4.78, 5) is 3.86. The Balaban J connectivity index is 2.24. The first-order valence-electron chi connectivity index (χ1n) is 4.55. The van der Waals surface area contributed by atoms with E-state index < -0.39 is 0 Å². The molecule has 4 nitrogen and oxygen atoms in total. The van der Waals surface area contributed by atoms with Crippen molar-refractivity contribution in [1.29, 1.82) is 0 Å². The van der Waals surface area contributed by atoms with Gasteiger partial charge >= 0.3 is 0 Å². The van der Waals surface area contributed by atoms with E-state index in [0.717, 1.165) is 16.1 Å². The van der Waals surface area contributed by atoms with E-state index in [1.807, 2.05) is 25.1 Å². The molecule has 0 unspecified atom stereocenters. The quantitative estimate of drug-likeness (QED) is 0.844. The summed E-state index contributed by atoms with van der Waals surface area (Å²) in [5.41, 5.74) is 7.72. The van der Waals surface area contributed by atoms with Gasteiger partial charge in [-0.1, -0.05) is 17.7 Å². The van der Waals surface area contributed by atoms with E-state index >= 15 is 0 Å². The van der Waals surface area contributed by atoms with Crippen LogP contribution in [0.5, 0.6) is 0 Å². The number of rotatable bonds is 2. The summed E-state index contributed by atoms with van der Waals surface area (Å²) in [5.74, 6) is 0.293. The van der Waals surface area contributed by atoms with Gasteiger partial charge in [-0.3, -0.25) is 0 Å². The minimum absolute atomic E-state index is 0.293. The highest BCUT2D eigenvalue weighted by atomic mass is 35.5. The molecular weight excluding hydrogens is 212 g/mol. The van der Waals surface area contributed by atoms with Crippen LogP contribution in [0.2, 0.25) is 5.02 Å². The first-order chi connectivity index (χ1) is 7.15. The molecule has 0 amide bonds. The van der Waals surface area contributed by atoms with Gasteiger partial charge < -0.3 is 5.73 Å². The predicted octanol–water partition coefficient (Wildman–Crippen LogP) is 1.87. The van der Waals surface area contributed by atoms with Crippen molar-refractivity contribution in [1.82, 2.24) is 14.8 Å². The highest BCUT2D eigenvalue weighted by molar-refractivity contribution is 6.30. The Kier molecular flexibility index (Phi) is 2.60. The number of halogens is 1. The minimum atomic E-state index is 0.293. The van der Waals surface area contributed by atoms with Crippen molar-refractivity contribution >= 4 is 17.5 Å². The van der Waals surface area contributed by atoms with E-state index in [0.29, 0.717) is 12.5 Å². The van der Waals surface area contributed by atoms with Gasteiger partial charge in [0.15, 0.2) is 0 Å². The fourth-order valence-corrected chi connectivity index (χ4v) is 1.62. The van der Waals surface area contributed by atoms with Crippen LogP contribution in [0.25, 0.3) is 0 Å². The number of aromatic nitrogens is 3. The third-order valence-electron chi connectivity index (χ3n) is 2.19. The van der Waals surface area contributed by atoms with Crippen LogP contribution >= 0.6 is 11.6 Å².